The third-order valence-corrected chi connectivity index (χ3v) is 6.71. The Kier molecular flexibility index (Phi) is 7.51. The van der Waals surface area contributed by atoms with Crippen molar-refractivity contribution in [2.75, 3.05) is 5.75 Å². The first-order valence-electron chi connectivity index (χ1n) is 10.7. The number of hydrazone groups is 1. The van der Waals surface area contributed by atoms with E-state index in [0.29, 0.717) is 16.6 Å². The van der Waals surface area contributed by atoms with Crippen molar-refractivity contribution in [2.45, 2.75) is 43.3 Å². The van der Waals surface area contributed by atoms with Crippen molar-refractivity contribution in [3.05, 3.63) is 53.1 Å². The fourth-order valence-electron chi connectivity index (χ4n) is 3.87. The average molecular weight is 487 g/mol. The molecule has 0 spiro atoms. The molecule has 0 radical (unpaired) electrons. The third kappa shape index (κ3) is 5.85. The van der Waals surface area contributed by atoms with Gasteiger partial charge in [-0.25, -0.2) is 9.99 Å². The quantitative estimate of drug-likeness (QED) is 0.173. The molecule has 0 aliphatic heterocycles. The highest BCUT2D eigenvalue weighted by molar-refractivity contribution is 7.99. The number of nitrogens with zero attached hydrogens (tertiary/aromatic N) is 3. The molecule has 1 aromatic heterocycles. The number of carbonyl (C=O) groups is 1. The number of halogens is 1. The van der Waals surface area contributed by atoms with E-state index < -0.39 is 0 Å². The first kappa shape index (κ1) is 23.1. The van der Waals surface area contributed by atoms with Crippen molar-refractivity contribution < 1.29 is 19.6 Å². The van der Waals surface area contributed by atoms with E-state index in [2.05, 4.69) is 25.3 Å². The maximum Gasteiger partial charge on any atom is 0.337 e. The monoisotopic (exact) mass is 486 g/mol. The van der Waals surface area contributed by atoms with Crippen LogP contribution < -0.4 is 9.99 Å². The number of aromatic amines is 1. The van der Waals surface area contributed by atoms with Crippen LogP contribution in [-0.4, -0.2) is 38.3 Å². The molecule has 0 bridgehead atoms. The zero-order valence-electron chi connectivity index (χ0n) is 17.9. The molecule has 4 rings (SSSR count). The number of thioether (sulfide) groups is 1. The van der Waals surface area contributed by atoms with Gasteiger partial charge in [-0.2, -0.15) is 5.10 Å². The fraction of sp³-hybridized carbons (Fsp3) is 0.304. The predicted molar refractivity (Wildman–Crippen MR) is 128 cm³/mol. The summed E-state index contributed by atoms with van der Waals surface area (Å²) in [6, 6.07) is 12.1. The number of carbonyl (C=O) groups excluding carboxylic acids is 1. The number of phenols is 2. The van der Waals surface area contributed by atoms with E-state index in [1.54, 1.807) is 0 Å². The lowest BCUT2D eigenvalue weighted by Crippen LogP contribution is -2.43. The fourth-order valence-corrected chi connectivity index (χ4v) is 4.81. The molecule has 0 unspecified atom stereocenters. The smallest absolute Gasteiger partial charge is 0.337 e. The summed E-state index contributed by atoms with van der Waals surface area (Å²) in [5.41, 5.74) is 3.84. The van der Waals surface area contributed by atoms with Crippen LogP contribution in [0.1, 0.15) is 43.7 Å². The summed E-state index contributed by atoms with van der Waals surface area (Å²) in [4.78, 5) is 12.3. The van der Waals surface area contributed by atoms with Crippen molar-refractivity contribution in [3.63, 3.8) is 0 Å². The lowest BCUT2D eigenvalue weighted by Gasteiger charge is -2.21. The molecule has 2 aromatic carbocycles. The van der Waals surface area contributed by atoms with Crippen molar-refractivity contribution in [1.29, 1.82) is 0 Å². The number of aromatic hydroxyl groups is 2. The molecule has 33 heavy (non-hydrogen) atoms. The van der Waals surface area contributed by atoms with Crippen LogP contribution in [0.2, 0.25) is 5.02 Å². The Balaban J connectivity index is 1.45. The second kappa shape index (κ2) is 10.7. The van der Waals surface area contributed by atoms with Gasteiger partial charge in [-0.15, -0.1) is 5.10 Å². The molecule has 0 saturated heterocycles. The van der Waals surface area contributed by atoms with Crippen molar-refractivity contribution in [1.82, 2.24) is 15.6 Å². The van der Waals surface area contributed by atoms with Gasteiger partial charge in [-0.05, 0) is 73.8 Å². The maximum atomic E-state index is 12.3. The normalized spacial score (nSPS) is 14.6. The minimum Gasteiger partial charge on any atom is -0.508 e. The van der Waals surface area contributed by atoms with Gasteiger partial charge in [-0.1, -0.05) is 18.0 Å². The molecule has 4 N–H and O–H groups in total. The first-order valence-corrected chi connectivity index (χ1v) is 12.1. The molecule has 1 aliphatic rings. The minimum absolute atomic E-state index is 0.0478. The van der Waals surface area contributed by atoms with Crippen molar-refractivity contribution in [2.24, 2.45) is 5.10 Å². The predicted octanol–water partition coefficient (Wildman–Crippen LogP) is 4.18. The largest absolute Gasteiger partial charge is 0.508 e. The zero-order chi connectivity index (χ0) is 23.2. The summed E-state index contributed by atoms with van der Waals surface area (Å²) in [6.07, 6.45) is 7.06. The Morgan fingerprint density at radius 1 is 1.21 bits per heavy atom. The van der Waals surface area contributed by atoms with E-state index in [1.165, 1.54) is 55.4 Å². The van der Waals surface area contributed by atoms with Gasteiger partial charge in [-0.3, -0.25) is 4.79 Å². The second-order valence-electron chi connectivity index (χ2n) is 7.85. The van der Waals surface area contributed by atoms with Gasteiger partial charge < -0.3 is 10.2 Å². The van der Waals surface area contributed by atoms with Crippen LogP contribution >= 0.6 is 23.4 Å². The maximum absolute atomic E-state index is 12.3. The first-order chi connectivity index (χ1) is 16.0. The molecule has 10 heteroatoms. The number of H-pyrrole nitrogens is 1. The van der Waals surface area contributed by atoms with E-state index >= 15 is 0 Å². The highest BCUT2D eigenvalue weighted by atomic mass is 35.5. The average Bonchev–Trinajstić information content (AvgIpc) is 3.24. The molecule has 1 saturated carbocycles. The summed E-state index contributed by atoms with van der Waals surface area (Å²) in [6.45, 7) is 0. The van der Waals surface area contributed by atoms with Gasteiger partial charge in [0.25, 0.3) is 11.7 Å². The van der Waals surface area contributed by atoms with Crippen molar-refractivity contribution >= 4 is 35.5 Å². The number of phenolic OH excluding ortho intramolecular Hbond substituents is 2. The van der Waals surface area contributed by atoms with Gasteiger partial charge >= 0.3 is 5.16 Å². The highest BCUT2D eigenvalue weighted by Gasteiger charge is 2.30. The Labute approximate surface area is 200 Å². The lowest BCUT2D eigenvalue weighted by molar-refractivity contribution is -0.749. The number of rotatable bonds is 7. The molecular formula is C23H25ClN5O3S+. The molecule has 1 fully saturated rings. The van der Waals surface area contributed by atoms with Gasteiger partial charge in [0, 0.05) is 16.7 Å². The number of nitrogens with one attached hydrogen (secondary N) is 2. The van der Waals surface area contributed by atoms with Crippen LogP contribution in [-0.2, 0) is 4.79 Å². The molecule has 3 aromatic rings. The Hall–Kier alpha value is -3.04. The number of hydrogen-bond acceptors (Lipinski definition) is 6. The van der Waals surface area contributed by atoms with E-state index in [-0.39, 0.29) is 23.2 Å². The van der Waals surface area contributed by atoms with Crippen LogP contribution in [0.25, 0.3) is 11.4 Å². The number of amides is 1. The van der Waals surface area contributed by atoms with E-state index in [1.807, 2.05) is 24.3 Å². The van der Waals surface area contributed by atoms with Gasteiger partial charge in [0.1, 0.15) is 11.5 Å². The standard InChI is InChI=1S/C23H24ClN5O3S/c24-17-9-6-15(7-10-17)22-27-28-23(29(22)18-4-2-1-3-5-18)33-14-21(32)26-25-13-16-8-11-19(30)12-20(16)31/h6-13,18H,1-5,14H2,(H3,25,26,30,31,32)/p+1. The summed E-state index contributed by atoms with van der Waals surface area (Å²) >= 11 is 7.40. The van der Waals surface area contributed by atoms with Crippen molar-refractivity contribution in [3.8, 4) is 22.9 Å². The van der Waals surface area contributed by atoms with E-state index in [9.17, 15) is 15.0 Å². The van der Waals surface area contributed by atoms with Gasteiger partial charge in [0.15, 0.2) is 0 Å². The summed E-state index contributed by atoms with van der Waals surface area (Å²) in [7, 11) is 0. The van der Waals surface area contributed by atoms with Crippen LogP contribution in [0.4, 0.5) is 0 Å². The molecule has 172 valence electrons. The lowest BCUT2D eigenvalue weighted by atomic mass is 9.95. The topological polar surface area (TPSA) is 114 Å². The molecule has 0 atom stereocenters. The van der Waals surface area contributed by atoms with Gasteiger partial charge in [0.05, 0.1) is 28.7 Å². The third-order valence-electron chi connectivity index (χ3n) is 5.50. The zero-order valence-corrected chi connectivity index (χ0v) is 19.4. The molecule has 1 heterocycles. The summed E-state index contributed by atoms with van der Waals surface area (Å²) < 4.78 is 2.21. The number of aromatic nitrogens is 3. The van der Waals surface area contributed by atoms with Crippen LogP contribution in [0.3, 0.4) is 0 Å². The Morgan fingerprint density at radius 3 is 2.70 bits per heavy atom. The summed E-state index contributed by atoms with van der Waals surface area (Å²) in [5, 5.41) is 32.1. The SMILES string of the molecule is O=C(CSc1n[nH]c(-c2ccc(Cl)cc2)[n+]1C1CCCCC1)NN=Cc1ccc(O)cc1O. The minimum atomic E-state index is -0.291. The van der Waals surface area contributed by atoms with Crippen LogP contribution in [0.5, 0.6) is 11.5 Å². The van der Waals surface area contributed by atoms with E-state index in [4.69, 9.17) is 11.6 Å². The van der Waals surface area contributed by atoms with Crippen LogP contribution in [0.15, 0.2) is 52.7 Å². The highest BCUT2D eigenvalue weighted by Crippen LogP contribution is 2.29. The summed E-state index contributed by atoms with van der Waals surface area (Å²) in [5.74, 6) is 0.579. The molecule has 8 nitrogen and oxygen atoms in total. The van der Waals surface area contributed by atoms with Gasteiger partial charge in [0.2, 0.25) is 0 Å². The number of hydrogen-bond donors (Lipinski definition) is 4. The van der Waals surface area contributed by atoms with E-state index in [0.717, 1.165) is 29.4 Å². The van der Waals surface area contributed by atoms with Crippen LogP contribution in [0, 0.1) is 0 Å². The molecule has 1 amide bonds. The molecular weight excluding hydrogens is 462 g/mol. The Morgan fingerprint density at radius 2 is 1.97 bits per heavy atom. The number of benzene rings is 2. The molecule has 1 aliphatic carbocycles. The Bertz CT molecular complexity index is 1140. The second-order valence-corrected chi connectivity index (χ2v) is 9.23.